The third kappa shape index (κ3) is 2.85. The molecule has 0 saturated heterocycles. The minimum absolute atomic E-state index is 0.144. The molecule has 6 heteroatoms. The van der Waals surface area contributed by atoms with Gasteiger partial charge in [0.2, 0.25) is 0 Å². The Bertz CT molecular complexity index is 1030. The monoisotopic (exact) mass is 355 g/mol. The molecule has 0 aliphatic carbocycles. The van der Waals surface area contributed by atoms with E-state index in [0.29, 0.717) is 5.39 Å². The molecule has 25 heavy (non-hydrogen) atoms. The van der Waals surface area contributed by atoms with Gasteiger partial charge in [0, 0.05) is 30.6 Å². The predicted molar refractivity (Wildman–Crippen MR) is 101 cm³/mol. The van der Waals surface area contributed by atoms with Crippen LogP contribution >= 0.6 is 11.3 Å². The Morgan fingerprint density at radius 1 is 1.20 bits per heavy atom. The topological polar surface area (TPSA) is 58.1 Å². The second-order valence-electron chi connectivity index (χ2n) is 6.85. The Labute approximate surface area is 149 Å². The van der Waals surface area contributed by atoms with Crippen LogP contribution in [0.4, 0.5) is 0 Å². The largest absolute Gasteiger partial charge is 0.329 e. The zero-order valence-electron chi connectivity index (χ0n) is 14.4. The van der Waals surface area contributed by atoms with Crippen molar-refractivity contribution < 1.29 is 0 Å². The number of aromatic nitrogens is 2. The summed E-state index contributed by atoms with van der Waals surface area (Å²) in [7, 11) is 0. The number of hydrogen-bond acceptors (Lipinski definition) is 4. The first-order valence-corrected chi connectivity index (χ1v) is 9.41. The SMILES string of the molecule is CC(C)n1c(=O)[nH]c2sc3c(c2c1=O)CCN(Cc1ccccc1)C3. The van der Waals surface area contributed by atoms with Gasteiger partial charge in [0.25, 0.3) is 5.56 Å². The van der Waals surface area contributed by atoms with Gasteiger partial charge in [0.15, 0.2) is 0 Å². The summed E-state index contributed by atoms with van der Waals surface area (Å²) in [6.45, 7) is 6.38. The van der Waals surface area contributed by atoms with Crippen LogP contribution in [0, 0.1) is 0 Å². The lowest BCUT2D eigenvalue weighted by Gasteiger charge is -2.26. The van der Waals surface area contributed by atoms with Crippen molar-refractivity contribution in [3.05, 3.63) is 67.2 Å². The molecule has 0 unspecified atom stereocenters. The molecular weight excluding hydrogens is 334 g/mol. The summed E-state index contributed by atoms with van der Waals surface area (Å²) in [6.07, 6.45) is 0.849. The molecular formula is C19H21N3O2S. The Morgan fingerprint density at radius 2 is 1.96 bits per heavy atom. The number of nitrogens with one attached hydrogen (secondary N) is 1. The zero-order chi connectivity index (χ0) is 17.6. The first-order valence-electron chi connectivity index (χ1n) is 8.60. The molecule has 1 aliphatic heterocycles. The lowest BCUT2D eigenvalue weighted by molar-refractivity contribution is 0.249. The molecule has 0 saturated carbocycles. The Balaban J connectivity index is 1.72. The summed E-state index contributed by atoms with van der Waals surface area (Å²) >= 11 is 1.55. The van der Waals surface area contributed by atoms with Crippen LogP contribution in [0.5, 0.6) is 0 Å². The van der Waals surface area contributed by atoms with Crippen molar-refractivity contribution in [2.75, 3.05) is 6.54 Å². The summed E-state index contributed by atoms with van der Waals surface area (Å²) in [5, 5.41) is 0.715. The van der Waals surface area contributed by atoms with E-state index < -0.39 is 0 Å². The summed E-state index contributed by atoms with van der Waals surface area (Å²) in [5.41, 5.74) is 1.96. The Kier molecular flexibility index (Phi) is 4.09. The number of nitrogens with zero attached hydrogens (tertiary/aromatic N) is 2. The normalized spacial score (nSPS) is 15.0. The third-order valence-corrected chi connectivity index (χ3v) is 5.91. The Hall–Kier alpha value is -2.18. The molecule has 4 rings (SSSR count). The first kappa shape index (κ1) is 16.3. The van der Waals surface area contributed by atoms with Crippen LogP contribution in [-0.2, 0) is 19.5 Å². The van der Waals surface area contributed by atoms with E-state index >= 15 is 0 Å². The summed E-state index contributed by atoms with van der Waals surface area (Å²) < 4.78 is 1.33. The van der Waals surface area contributed by atoms with Gasteiger partial charge >= 0.3 is 5.69 Å². The van der Waals surface area contributed by atoms with E-state index in [0.717, 1.165) is 36.4 Å². The number of hydrogen-bond donors (Lipinski definition) is 1. The molecule has 0 fully saturated rings. The second kappa shape index (κ2) is 6.28. The molecule has 130 valence electrons. The van der Waals surface area contributed by atoms with Crippen LogP contribution in [0.25, 0.3) is 10.2 Å². The van der Waals surface area contributed by atoms with Gasteiger partial charge < -0.3 is 0 Å². The fourth-order valence-corrected chi connectivity index (χ4v) is 4.86. The first-order chi connectivity index (χ1) is 12.0. The fourth-order valence-electron chi connectivity index (χ4n) is 3.59. The molecule has 0 atom stereocenters. The highest BCUT2D eigenvalue weighted by atomic mass is 32.1. The minimum Gasteiger partial charge on any atom is -0.298 e. The molecule has 3 heterocycles. The third-order valence-electron chi connectivity index (χ3n) is 4.77. The van der Waals surface area contributed by atoms with Crippen molar-refractivity contribution in [3.63, 3.8) is 0 Å². The summed E-state index contributed by atoms with van der Waals surface area (Å²) in [6, 6.07) is 10.3. The number of fused-ring (bicyclic) bond motifs is 3. The molecule has 0 radical (unpaired) electrons. The second-order valence-corrected chi connectivity index (χ2v) is 7.96. The fraction of sp³-hybridized carbons (Fsp3) is 0.368. The molecule has 0 amide bonds. The van der Waals surface area contributed by atoms with E-state index in [-0.39, 0.29) is 17.3 Å². The average Bonchev–Trinajstić information content (AvgIpc) is 2.92. The van der Waals surface area contributed by atoms with E-state index in [9.17, 15) is 9.59 Å². The van der Waals surface area contributed by atoms with E-state index in [2.05, 4.69) is 34.1 Å². The van der Waals surface area contributed by atoms with Gasteiger partial charge in [-0.1, -0.05) is 30.3 Å². The van der Waals surface area contributed by atoms with Crippen molar-refractivity contribution in [3.8, 4) is 0 Å². The minimum atomic E-state index is -0.313. The molecule has 3 aromatic rings. The van der Waals surface area contributed by atoms with Gasteiger partial charge in [0.1, 0.15) is 4.83 Å². The number of thiophene rings is 1. The van der Waals surface area contributed by atoms with Crippen LogP contribution in [0.2, 0.25) is 0 Å². The number of H-pyrrole nitrogens is 1. The molecule has 1 aromatic carbocycles. The smallest absolute Gasteiger partial charge is 0.298 e. The van der Waals surface area contributed by atoms with Gasteiger partial charge in [-0.3, -0.25) is 19.2 Å². The van der Waals surface area contributed by atoms with Crippen LogP contribution in [0.3, 0.4) is 0 Å². The van der Waals surface area contributed by atoms with Gasteiger partial charge in [0.05, 0.1) is 5.39 Å². The molecule has 5 nitrogen and oxygen atoms in total. The molecule has 1 N–H and O–H groups in total. The average molecular weight is 355 g/mol. The van der Waals surface area contributed by atoms with Gasteiger partial charge in [-0.15, -0.1) is 11.3 Å². The summed E-state index contributed by atoms with van der Waals surface area (Å²) in [5.74, 6) is 0. The van der Waals surface area contributed by atoms with Crippen LogP contribution in [0.1, 0.15) is 35.9 Å². The Morgan fingerprint density at radius 3 is 2.68 bits per heavy atom. The van der Waals surface area contributed by atoms with E-state index in [1.165, 1.54) is 15.0 Å². The lowest BCUT2D eigenvalue weighted by Crippen LogP contribution is -2.36. The van der Waals surface area contributed by atoms with Crippen molar-refractivity contribution in [1.29, 1.82) is 0 Å². The number of rotatable bonds is 3. The van der Waals surface area contributed by atoms with Crippen LogP contribution in [0.15, 0.2) is 39.9 Å². The highest BCUT2D eigenvalue weighted by Crippen LogP contribution is 2.32. The van der Waals surface area contributed by atoms with Crippen LogP contribution in [-0.4, -0.2) is 21.0 Å². The van der Waals surface area contributed by atoms with Crippen LogP contribution < -0.4 is 11.2 Å². The number of benzene rings is 1. The highest BCUT2D eigenvalue weighted by molar-refractivity contribution is 7.18. The van der Waals surface area contributed by atoms with Crippen molar-refractivity contribution >= 4 is 21.6 Å². The molecule has 1 aliphatic rings. The van der Waals surface area contributed by atoms with Gasteiger partial charge in [-0.05, 0) is 31.4 Å². The molecule has 0 bridgehead atoms. The van der Waals surface area contributed by atoms with Gasteiger partial charge in [-0.2, -0.15) is 0 Å². The maximum Gasteiger partial charge on any atom is 0.329 e. The van der Waals surface area contributed by atoms with Crippen molar-refractivity contribution in [2.24, 2.45) is 0 Å². The number of aromatic amines is 1. The standard InChI is InChI=1S/C19H21N3O2S/c1-12(2)22-18(23)16-14-8-9-21(10-13-6-4-3-5-7-13)11-15(14)25-17(16)20-19(22)24/h3-7,12H,8-11H2,1-2H3,(H,20,24). The molecule has 2 aromatic heterocycles. The van der Waals surface area contributed by atoms with E-state index in [4.69, 9.17) is 0 Å². The highest BCUT2D eigenvalue weighted by Gasteiger charge is 2.24. The van der Waals surface area contributed by atoms with Crippen molar-refractivity contribution in [1.82, 2.24) is 14.5 Å². The zero-order valence-corrected chi connectivity index (χ0v) is 15.2. The van der Waals surface area contributed by atoms with E-state index in [1.807, 2.05) is 19.9 Å². The quantitative estimate of drug-likeness (QED) is 0.786. The lowest BCUT2D eigenvalue weighted by atomic mass is 10.0. The maximum atomic E-state index is 12.8. The van der Waals surface area contributed by atoms with Crippen molar-refractivity contribution in [2.45, 2.75) is 39.4 Å². The van der Waals surface area contributed by atoms with E-state index in [1.54, 1.807) is 11.3 Å². The molecule has 0 spiro atoms. The predicted octanol–water partition coefficient (Wildman–Crippen LogP) is 2.89. The summed E-state index contributed by atoms with van der Waals surface area (Å²) in [4.78, 5) is 32.3. The van der Waals surface area contributed by atoms with Gasteiger partial charge in [-0.25, -0.2) is 4.79 Å². The maximum absolute atomic E-state index is 12.8.